The number of carbonyl (C=O) groups excluding carboxylic acids is 1. The van der Waals surface area contributed by atoms with Crippen molar-refractivity contribution < 1.29 is 4.79 Å². The van der Waals surface area contributed by atoms with Gasteiger partial charge in [0.25, 0.3) is 0 Å². The van der Waals surface area contributed by atoms with Crippen LogP contribution >= 0.6 is 31.9 Å². The number of benzene rings is 3. The Morgan fingerprint density at radius 1 is 0.967 bits per heavy atom. The maximum absolute atomic E-state index is 13.7. The smallest absolute Gasteiger partial charge is 0.296 e. The third-order valence-electron chi connectivity index (χ3n) is 6.94. The van der Waals surface area contributed by atoms with E-state index in [1.54, 1.807) is 4.90 Å². The molecule has 0 fully saturated rings. The zero-order chi connectivity index (χ0) is 20.7. The van der Waals surface area contributed by atoms with Gasteiger partial charge in [-0.3, -0.25) is 9.80 Å². The van der Waals surface area contributed by atoms with Gasteiger partial charge in [0, 0.05) is 27.5 Å². The summed E-state index contributed by atoms with van der Waals surface area (Å²) < 4.78 is 1.97. The Morgan fingerprint density at radius 2 is 1.77 bits per heavy atom. The molecular formula is C25H20Br2N2O. The number of halogens is 2. The van der Waals surface area contributed by atoms with Gasteiger partial charge in [-0.2, -0.15) is 0 Å². The number of urea groups is 1. The minimum Gasteiger partial charge on any atom is -0.296 e. The molecule has 30 heavy (non-hydrogen) atoms. The zero-order valence-electron chi connectivity index (χ0n) is 16.7. The van der Waals surface area contributed by atoms with E-state index in [-0.39, 0.29) is 12.1 Å². The summed E-state index contributed by atoms with van der Waals surface area (Å²) in [4.78, 5) is 17.6. The zero-order valence-corrected chi connectivity index (χ0v) is 19.9. The van der Waals surface area contributed by atoms with E-state index in [2.05, 4.69) is 92.2 Å². The van der Waals surface area contributed by atoms with Gasteiger partial charge in [-0.1, -0.05) is 52.3 Å². The Hall–Kier alpha value is -2.11. The van der Waals surface area contributed by atoms with Crippen LogP contribution in [0.3, 0.4) is 0 Å². The van der Waals surface area contributed by atoms with E-state index < -0.39 is 0 Å². The molecule has 1 aliphatic carbocycles. The lowest BCUT2D eigenvalue weighted by Gasteiger charge is -2.50. The molecule has 0 radical (unpaired) electrons. The van der Waals surface area contributed by atoms with Crippen LogP contribution in [0.25, 0.3) is 0 Å². The normalized spacial score (nSPS) is 23.5. The van der Waals surface area contributed by atoms with Crippen molar-refractivity contribution in [2.75, 3.05) is 16.8 Å². The molecule has 0 N–H and O–H groups in total. The minimum absolute atomic E-state index is 0.00389. The average molecular weight is 524 g/mol. The molecule has 0 unspecified atom stereocenters. The largest absolute Gasteiger partial charge is 0.329 e. The first kappa shape index (κ1) is 18.6. The second-order valence-electron chi connectivity index (χ2n) is 8.59. The molecule has 0 spiro atoms. The van der Waals surface area contributed by atoms with Crippen molar-refractivity contribution in [3.05, 3.63) is 91.4 Å². The van der Waals surface area contributed by atoms with Gasteiger partial charge in [0.05, 0.1) is 17.4 Å². The summed E-state index contributed by atoms with van der Waals surface area (Å²) in [6, 6.07) is 19.7. The van der Waals surface area contributed by atoms with Gasteiger partial charge in [-0.15, -0.1) is 0 Å². The van der Waals surface area contributed by atoms with Crippen molar-refractivity contribution in [2.24, 2.45) is 5.92 Å². The number of carbonyl (C=O) groups is 1. The van der Waals surface area contributed by atoms with Gasteiger partial charge in [0.2, 0.25) is 0 Å². The van der Waals surface area contributed by atoms with Crippen molar-refractivity contribution in [1.29, 1.82) is 0 Å². The molecule has 5 heteroatoms. The standard InChI is InChI=1S/C25H20Br2N2O/c1-13-7-8-17-21(9-13)29-23(18-10-14-5-3-4-6-16(14)22(17)18)19-11-15(26)12-20(27)24(19)28(2)25(29)30/h3-9,11-12,18,22-23H,10H2,1-2H3/t18-,22-,23+/m1/s1. The van der Waals surface area contributed by atoms with Gasteiger partial charge in [0.15, 0.2) is 0 Å². The highest BCUT2D eigenvalue weighted by atomic mass is 79.9. The number of hydrogen-bond acceptors (Lipinski definition) is 1. The van der Waals surface area contributed by atoms with Crippen LogP contribution in [-0.2, 0) is 6.42 Å². The van der Waals surface area contributed by atoms with E-state index in [9.17, 15) is 4.79 Å². The number of amides is 2. The van der Waals surface area contributed by atoms with Crippen molar-refractivity contribution >= 4 is 49.3 Å². The molecule has 0 saturated carbocycles. The van der Waals surface area contributed by atoms with Crippen LogP contribution in [-0.4, -0.2) is 13.1 Å². The first-order valence-electron chi connectivity index (χ1n) is 10.2. The van der Waals surface area contributed by atoms with Gasteiger partial charge >= 0.3 is 6.03 Å². The second-order valence-corrected chi connectivity index (χ2v) is 10.4. The van der Waals surface area contributed by atoms with Crippen molar-refractivity contribution in [3.63, 3.8) is 0 Å². The first-order chi connectivity index (χ1) is 14.5. The third-order valence-corrected chi connectivity index (χ3v) is 8.01. The molecule has 3 atom stereocenters. The number of hydrogen-bond donors (Lipinski definition) is 0. The SMILES string of the molecule is Cc1ccc2c(c1)N1C(=O)N(C)c3c(Br)cc(Br)cc3[C@@H]1[C@@H]1Cc3ccccc3[C@H]21. The lowest BCUT2D eigenvalue weighted by atomic mass is 9.73. The fraction of sp³-hybridized carbons (Fsp3) is 0.240. The molecule has 3 nitrogen and oxygen atoms in total. The van der Waals surface area contributed by atoms with Crippen molar-refractivity contribution in [1.82, 2.24) is 0 Å². The lowest BCUT2D eigenvalue weighted by Crippen LogP contribution is -2.53. The lowest BCUT2D eigenvalue weighted by molar-refractivity contribution is 0.241. The average Bonchev–Trinajstić information content (AvgIpc) is 3.10. The molecular weight excluding hydrogens is 504 g/mol. The van der Waals surface area contributed by atoms with Crippen LogP contribution in [0.4, 0.5) is 16.2 Å². The van der Waals surface area contributed by atoms with Crippen LogP contribution in [0.15, 0.2) is 63.5 Å². The van der Waals surface area contributed by atoms with Crippen LogP contribution in [0.2, 0.25) is 0 Å². The molecule has 0 bridgehead atoms. The maximum atomic E-state index is 13.7. The van der Waals surface area contributed by atoms with Gasteiger partial charge < -0.3 is 0 Å². The van der Waals surface area contributed by atoms with Crippen LogP contribution in [0.1, 0.15) is 39.8 Å². The fourth-order valence-electron chi connectivity index (χ4n) is 5.80. The van der Waals surface area contributed by atoms with E-state index in [1.165, 1.54) is 27.8 Å². The summed E-state index contributed by atoms with van der Waals surface area (Å²) in [5.74, 6) is 0.620. The topological polar surface area (TPSA) is 23.6 Å². The summed E-state index contributed by atoms with van der Waals surface area (Å²) in [6.45, 7) is 2.10. The van der Waals surface area contributed by atoms with Crippen LogP contribution < -0.4 is 9.80 Å². The maximum Gasteiger partial charge on any atom is 0.329 e. The molecule has 6 rings (SSSR count). The summed E-state index contributed by atoms with van der Waals surface area (Å²) in [6.07, 6.45) is 0.982. The number of anilines is 2. The molecule has 2 aliphatic heterocycles. The van der Waals surface area contributed by atoms with Crippen LogP contribution in [0, 0.1) is 12.8 Å². The Labute approximate surface area is 192 Å². The molecule has 3 aromatic rings. The molecule has 2 amide bonds. The summed E-state index contributed by atoms with van der Waals surface area (Å²) in [7, 11) is 1.88. The molecule has 3 aromatic carbocycles. The van der Waals surface area contributed by atoms with Gasteiger partial charge in [0.1, 0.15) is 0 Å². The predicted molar refractivity (Wildman–Crippen MR) is 128 cm³/mol. The Bertz CT molecular complexity index is 1240. The summed E-state index contributed by atoms with van der Waals surface area (Å²) in [5.41, 5.74) is 8.50. The monoisotopic (exact) mass is 522 g/mol. The number of aryl methyl sites for hydroxylation is 1. The second kappa shape index (κ2) is 6.44. The highest BCUT2D eigenvalue weighted by molar-refractivity contribution is 9.11. The minimum atomic E-state index is 0.00389. The fourth-order valence-corrected chi connectivity index (χ4v) is 7.32. The molecule has 150 valence electrons. The van der Waals surface area contributed by atoms with E-state index in [1.807, 2.05) is 13.1 Å². The Morgan fingerprint density at radius 3 is 2.60 bits per heavy atom. The van der Waals surface area contributed by atoms with Crippen LogP contribution in [0.5, 0.6) is 0 Å². The van der Waals surface area contributed by atoms with Crippen molar-refractivity contribution in [2.45, 2.75) is 25.3 Å². The summed E-state index contributed by atoms with van der Waals surface area (Å²) >= 11 is 7.40. The van der Waals surface area contributed by atoms with E-state index in [4.69, 9.17) is 0 Å². The van der Waals surface area contributed by atoms with E-state index >= 15 is 0 Å². The number of fused-ring (bicyclic) bond motifs is 10. The highest BCUT2D eigenvalue weighted by Gasteiger charge is 2.52. The predicted octanol–water partition coefficient (Wildman–Crippen LogP) is 6.96. The molecule has 0 aromatic heterocycles. The Kier molecular flexibility index (Phi) is 4.00. The van der Waals surface area contributed by atoms with E-state index in [0.717, 1.165) is 26.7 Å². The quantitative estimate of drug-likeness (QED) is 0.312. The van der Waals surface area contributed by atoms with E-state index in [0.29, 0.717) is 11.8 Å². The van der Waals surface area contributed by atoms with Gasteiger partial charge in [-0.05, 0) is 75.6 Å². The number of nitrogens with zero attached hydrogens (tertiary/aromatic N) is 2. The highest BCUT2D eigenvalue weighted by Crippen LogP contribution is 2.59. The van der Waals surface area contributed by atoms with Gasteiger partial charge in [-0.25, -0.2) is 4.79 Å². The first-order valence-corrected chi connectivity index (χ1v) is 11.8. The molecule has 2 heterocycles. The molecule has 3 aliphatic rings. The molecule has 0 saturated heterocycles. The number of rotatable bonds is 0. The third kappa shape index (κ3) is 2.39. The Balaban J connectivity index is 1.68. The van der Waals surface area contributed by atoms with Crippen molar-refractivity contribution in [3.8, 4) is 0 Å². The summed E-state index contributed by atoms with van der Waals surface area (Å²) in [5, 5.41) is 0.